The first-order valence-corrected chi connectivity index (χ1v) is 7.26. The maximum absolute atomic E-state index is 11.9. The molecule has 0 aliphatic carbocycles. The van der Waals surface area contributed by atoms with Crippen LogP contribution in [0.25, 0.3) is 0 Å². The van der Waals surface area contributed by atoms with Crippen molar-refractivity contribution in [3.05, 3.63) is 0 Å². The van der Waals surface area contributed by atoms with E-state index in [1.54, 1.807) is 20.8 Å². The quantitative estimate of drug-likeness (QED) is 0.825. The van der Waals surface area contributed by atoms with Gasteiger partial charge in [0.1, 0.15) is 18.2 Å². The molecule has 126 valence electrons. The van der Waals surface area contributed by atoms with E-state index >= 15 is 0 Å². The number of carbonyl (C=O) groups is 3. The van der Waals surface area contributed by atoms with Gasteiger partial charge in [-0.15, -0.1) is 0 Å². The number of rotatable bonds is 3. The molecule has 1 aliphatic heterocycles. The van der Waals surface area contributed by atoms with Crippen LogP contribution in [0, 0.1) is 0 Å². The first kappa shape index (κ1) is 19.2. The molecule has 1 saturated heterocycles. The number of likely N-dealkylation sites (tertiary alicyclic amines) is 1. The summed E-state index contributed by atoms with van der Waals surface area (Å²) in [7, 11) is 0. The minimum Gasteiger partial charge on any atom is -0.444 e. The van der Waals surface area contributed by atoms with Crippen molar-refractivity contribution >= 4 is 17.9 Å². The fourth-order valence-corrected chi connectivity index (χ4v) is 1.92. The van der Waals surface area contributed by atoms with Gasteiger partial charge in [-0.05, 0) is 33.6 Å². The van der Waals surface area contributed by atoms with Crippen molar-refractivity contribution in [1.82, 2.24) is 10.2 Å². The molecule has 1 atom stereocenters. The summed E-state index contributed by atoms with van der Waals surface area (Å²) in [5.74, 6) is -0.838. The van der Waals surface area contributed by atoms with Gasteiger partial charge in [-0.1, -0.05) is 13.8 Å². The van der Waals surface area contributed by atoms with Gasteiger partial charge in [0.25, 0.3) is 0 Å². The van der Waals surface area contributed by atoms with E-state index in [1.807, 2.05) is 13.8 Å². The number of hydrogen-bond donors (Lipinski definition) is 2. The maximum Gasteiger partial charge on any atom is 0.408 e. The Morgan fingerprint density at radius 1 is 1.33 bits per heavy atom. The van der Waals surface area contributed by atoms with Crippen LogP contribution in [0.3, 0.4) is 0 Å². The van der Waals surface area contributed by atoms with Crippen LogP contribution >= 0.6 is 0 Å². The Kier molecular flexibility index (Phi) is 7.76. The van der Waals surface area contributed by atoms with E-state index in [-0.39, 0.29) is 15.3 Å². The Morgan fingerprint density at radius 2 is 1.90 bits per heavy atom. The summed E-state index contributed by atoms with van der Waals surface area (Å²) in [6.07, 6.45) is 0.662. The third kappa shape index (κ3) is 6.97. The molecule has 0 bridgehead atoms. The van der Waals surface area contributed by atoms with Gasteiger partial charge in [0, 0.05) is 9.40 Å². The number of nitrogens with one attached hydrogen (secondary N) is 1. The van der Waals surface area contributed by atoms with Gasteiger partial charge in [0.2, 0.25) is 11.8 Å². The average molecular weight is 305 g/mol. The van der Waals surface area contributed by atoms with Crippen molar-refractivity contribution in [3.8, 4) is 0 Å². The van der Waals surface area contributed by atoms with Crippen molar-refractivity contribution in [2.75, 3.05) is 13.1 Å². The molecular formula is C14H31N3O4. The Hall–Kier alpha value is -1.79. The number of carbonyl (C=O) groups excluding carboxylic acids is 3. The van der Waals surface area contributed by atoms with Gasteiger partial charge in [0.05, 0.1) is 0 Å². The largest absolute Gasteiger partial charge is 0.444 e. The molecule has 0 saturated carbocycles. The van der Waals surface area contributed by atoms with Gasteiger partial charge in [0.15, 0.2) is 0 Å². The second-order valence-corrected chi connectivity index (χ2v) is 5.50. The number of nitrogens with zero attached hydrogens (tertiary/aromatic N) is 1. The van der Waals surface area contributed by atoms with E-state index in [2.05, 4.69) is 5.32 Å². The molecule has 0 aromatic heterocycles. The number of primary amides is 1. The summed E-state index contributed by atoms with van der Waals surface area (Å²) >= 11 is 0. The Labute approximate surface area is 129 Å². The molecule has 7 nitrogen and oxygen atoms in total. The smallest absolute Gasteiger partial charge is 0.408 e. The molecule has 3 N–H and O–H groups in total. The highest BCUT2D eigenvalue weighted by Crippen LogP contribution is 2.16. The molecule has 0 aromatic carbocycles. The van der Waals surface area contributed by atoms with Crippen molar-refractivity contribution in [2.24, 2.45) is 5.73 Å². The Morgan fingerprint density at radius 3 is 2.38 bits per heavy atom. The number of amides is 3. The zero-order valence-electron chi connectivity index (χ0n) is 13.6. The summed E-state index contributed by atoms with van der Waals surface area (Å²) < 4.78 is 5.01. The molecule has 1 rings (SSSR count). The first-order valence-electron chi connectivity index (χ1n) is 7.26. The Balaban J connectivity index is -0.000000960. The van der Waals surface area contributed by atoms with E-state index < -0.39 is 23.6 Å². The lowest BCUT2D eigenvalue weighted by molar-refractivity contribution is -0.136. The molecule has 7 heteroatoms. The molecule has 1 fully saturated rings. The van der Waals surface area contributed by atoms with E-state index in [9.17, 15) is 14.4 Å². The molecule has 0 unspecified atom stereocenters. The SMILES string of the molecule is CC.CC(C)(C)OC(=O)NCC(=O)N1CCC[C@H]1C(N)=O.[HH].[HH]. The third-order valence-electron chi connectivity index (χ3n) is 2.68. The highest BCUT2D eigenvalue weighted by Gasteiger charge is 2.32. The predicted octanol–water partition coefficient (Wildman–Crippen LogP) is 1.51. The maximum atomic E-state index is 11.9. The monoisotopic (exact) mass is 305 g/mol. The summed E-state index contributed by atoms with van der Waals surface area (Å²) in [6, 6.07) is -0.562. The molecule has 0 aromatic rings. The zero-order valence-corrected chi connectivity index (χ0v) is 13.6. The zero-order chi connectivity index (χ0) is 16.6. The standard InChI is InChI=1S/C12H21N3O4.C2H6.2H2/c1-12(2,3)19-11(18)14-7-9(16)15-6-4-5-8(15)10(13)17;1-2;;/h8H,4-7H2,1-3H3,(H2,13,17)(H,14,18);1-2H3;2*1H/t8-;;;/m0.../s1. The summed E-state index contributed by atoms with van der Waals surface area (Å²) in [4.78, 5) is 35.8. The van der Waals surface area contributed by atoms with Crippen LogP contribution in [0.2, 0.25) is 0 Å². The van der Waals surface area contributed by atoms with Crippen molar-refractivity contribution in [2.45, 2.75) is 59.1 Å². The summed E-state index contributed by atoms with van der Waals surface area (Å²) in [5, 5.41) is 2.37. The molecule has 0 spiro atoms. The van der Waals surface area contributed by atoms with Crippen molar-refractivity contribution in [1.29, 1.82) is 0 Å². The minimum atomic E-state index is -0.657. The van der Waals surface area contributed by atoms with E-state index in [0.29, 0.717) is 13.0 Å². The van der Waals surface area contributed by atoms with Crippen LogP contribution in [0.5, 0.6) is 0 Å². The lowest BCUT2D eigenvalue weighted by atomic mass is 10.2. The summed E-state index contributed by atoms with van der Waals surface area (Å²) in [5.41, 5.74) is 4.61. The number of hydrogen-bond acceptors (Lipinski definition) is 4. The van der Waals surface area contributed by atoms with E-state index in [0.717, 1.165) is 6.42 Å². The normalized spacial score (nSPS) is 17.6. The summed E-state index contributed by atoms with van der Waals surface area (Å²) in [6.45, 7) is 9.50. The Bertz CT molecular complexity index is 387. The molecule has 3 amide bonds. The van der Waals surface area contributed by atoms with Gasteiger partial charge in [-0.3, -0.25) is 9.59 Å². The first-order chi connectivity index (χ1) is 9.70. The second-order valence-electron chi connectivity index (χ2n) is 5.50. The fraction of sp³-hybridized carbons (Fsp3) is 0.786. The van der Waals surface area contributed by atoms with Crippen LogP contribution in [-0.4, -0.2) is 47.5 Å². The number of ether oxygens (including phenoxy) is 1. The van der Waals surface area contributed by atoms with Crippen molar-refractivity contribution in [3.63, 3.8) is 0 Å². The third-order valence-corrected chi connectivity index (χ3v) is 2.68. The minimum absolute atomic E-state index is 0. The predicted molar refractivity (Wildman–Crippen MR) is 83.7 cm³/mol. The molecule has 1 heterocycles. The fourth-order valence-electron chi connectivity index (χ4n) is 1.92. The van der Waals surface area contributed by atoms with Crippen LogP contribution < -0.4 is 11.1 Å². The second kappa shape index (κ2) is 8.49. The highest BCUT2D eigenvalue weighted by molar-refractivity contribution is 5.89. The van der Waals surface area contributed by atoms with Crippen LogP contribution in [0.1, 0.15) is 50.3 Å². The molecular weight excluding hydrogens is 274 g/mol. The van der Waals surface area contributed by atoms with Gasteiger partial charge in [-0.2, -0.15) is 0 Å². The molecule has 0 radical (unpaired) electrons. The van der Waals surface area contributed by atoms with Gasteiger partial charge in [-0.25, -0.2) is 4.79 Å². The molecule has 21 heavy (non-hydrogen) atoms. The highest BCUT2D eigenvalue weighted by atomic mass is 16.6. The van der Waals surface area contributed by atoms with E-state index in [1.165, 1.54) is 4.90 Å². The number of nitrogens with two attached hydrogens (primary N) is 1. The van der Waals surface area contributed by atoms with E-state index in [4.69, 9.17) is 10.5 Å². The lowest BCUT2D eigenvalue weighted by Gasteiger charge is -2.23. The lowest BCUT2D eigenvalue weighted by Crippen LogP contribution is -2.48. The van der Waals surface area contributed by atoms with Gasteiger partial charge >= 0.3 is 6.09 Å². The number of alkyl carbamates (subject to hydrolysis) is 1. The van der Waals surface area contributed by atoms with Crippen molar-refractivity contribution < 1.29 is 22.0 Å². The topological polar surface area (TPSA) is 102 Å². The average Bonchev–Trinajstić information content (AvgIpc) is 2.85. The van der Waals surface area contributed by atoms with Crippen LogP contribution in [-0.2, 0) is 14.3 Å². The molecule has 1 aliphatic rings. The van der Waals surface area contributed by atoms with Crippen LogP contribution in [0.15, 0.2) is 0 Å². The van der Waals surface area contributed by atoms with Gasteiger partial charge < -0.3 is 20.7 Å². The van der Waals surface area contributed by atoms with Crippen LogP contribution in [0.4, 0.5) is 4.79 Å².